The topological polar surface area (TPSA) is 65.5 Å². The van der Waals surface area contributed by atoms with E-state index in [1.54, 1.807) is 12.1 Å². The van der Waals surface area contributed by atoms with Gasteiger partial charge in [-0.2, -0.15) is 8.78 Å². The maximum Gasteiger partial charge on any atom is 0.387 e. The third kappa shape index (κ3) is 3.68. The Morgan fingerprint density at radius 3 is 2.68 bits per heavy atom. The number of benzene rings is 1. The molecule has 25 heavy (non-hydrogen) atoms. The van der Waals surface area contributed by atoms with Crippen LogP contribution in [0.2, 0.25) is 5.15 Å². The predicted molar refractivity (Wildman–Crippen MR) is 85.5 cm³/mol. The lowest BCUT2D eigenvalue weighted by molar-refractivity contribution is -0.0504. The molecule has 2 heterocycles. The van der Waals surface area contributed by atoms with Crippen LogP contribution in [0, 0.1) is 0 Å². The number of ether oxygens (including phenoxy) is 3. The molecule has 4 rings (SSSR count). The van der Waals surface area contributed by atoms with Gasteiger partial charge in [-0.15, -0.1) is 0 Å². The summed E-state index contributed by atoms with van der Waals surface area (Å²) in [6.07, 6.45) is 2.10. The van der Waals surface area contributed by atoms with E-state index in [0.29, 0.717) is 39.8 Å². The Hall–Kier alpha value is -2.35. The second-order valence-corrected chi connectivity index (χ2v) is 6.14. The SMILES string of the molecule is FC(F)Oc1cc2c(cc1CNc1cc(Cl)nc(C3CC3)n1)OCO2. The first-order valence-electron chi connectivity index (χ1n) is 7.74. The molecular formula is C16H14ClF2N3O3. The van der Waals surface area contributed by atoms with Gasteiger partial charge >= 0.3 is 6.61 Å². The summed E-state index contributed by atoms with van der Waals surface area (Å²) in [5.74, 6) is 2.46. The molecule has 1 aliphatic carbocycles. The highest BCUT2D eigenvalue weighted by molar-refractivity contribution is 6.29. The monoisotopic (exact) mass is 369 g/mol. The van der Waals surface area contributed by atoms with E-state index in [1.807, 2.05) is 0 Å². The largest absolute Gasteiger partial charge is 0.454 e. The van der Waals surface area contributed by atoms with Crippen LogP contribution < -0.4 is 19.5 Å². The highest BCUT2D eigenvalue weighted by Gasteiger charge is 2.27. The molecule has 0 atom stereocenters. The number of hydrogen-bond donors (Lipinski definition) is 1. The molecular weight excluding hydrogens is 356 g/mol. The third-order valence-corrected chi connectivity index (χ3v) is 4.08. The van der Waals surface area contributed by atoms with Crippen LogP contribution in [0.5, 0.6) is 17.2 Å². The summed E-state index contributed by atoms with van der Waals surface area (Å²) < 4.78 is 40.4. The van der Waals surface area contributed by atoms with Crippen molar-refractivity contribution in [2.75, 3.05) is 12.1 Å². The molecule has 1 aromatic carbocycles. The molecule has 2 aliphatic rings. The normalized spacial score (nSPS) is 15.5. The fourth-order valence-electron chi connectivity index (χ4n) is 2.54. The average Bonchev–Trinajstić information content (AvgIpc) is 3.31. The Labute approximate surface area is 147 Å². The molecule has 0 radical (unpaired) electrons. The van der Waals surface area contributed by atoms with Gasteiger partial charge in [-0.25, -0.2) is 9.97 Å². The fraction of sp³-hybridized carbons (Fsp3) is 0.375. The van der Waals surface area contributed by atoms with Crippen molar-refractivity contribution in [3.63, 3.8) is 0 Å². The van der Waals surface area contributed by atoms with Gasteiger partial charge in [0.05, 0.1) is 0 Å². The van der Waals surface area contributed by atoms with E-state index in [-0.39, 0.29) is 19.1 Å². The van der Waals surface area contributed by atoms with Crippen molar-refractivity contribution in [2.45, 2.75) is 31.9 Å². The van der Waals surface area contributed by atoms with Gasteiger partial charge in [-0.3, -0.25) is 0 Å². The molecule has 1 fully saturated rings. The van der Waals surface area contributed by atoms with Gasteiger partial charge in [0.1, 0.15) is 22.5 Å². The minimum Gasteiger partial charge on any atom is -0.454 e. The molecule has 9 heteroatoms. The smallest absolute Gasteiger partial charge is 0.387 e. The minimum absolute atomic E-state index is 0.0225. The van der Waals surface area contributed by atoms with Crippen molar-refractivity contribution >= 4 is 17.4 Å². The van der Waals surface area contributed by atoms with Crippen LogP contribution in [0.1, 0.15) is 30.1 Å². The number of rotatable bonds is 6. The van der Waals surface area contributed by atoms with Gasteiger partial charge < -0.3 is 19.5 Å². The number of hydrogen-bond acceptors (Lipinski definition) is 6. The second-order valence-electron chi connectivity index (χ2n) is 5.75. The van der Waals surface area contributed by atoms with E-state index in [2.05, 4.69) is 20.0 Å². The van der Waals surface area contributed by atoms with Crippen LogP contribution >= 0.6 is 11.6 Å². The lowest BCUT2D eigenvalue weighted by Crippen LogP contribution is -2.08. The summed E-state index contributed by atoms with van der Waals surface area (Å²) in [6.45, 7) is -2.68. The Kier molecular flexibility index (Phi) is 4.20. The first kappa shape index (κ1) is 16.1. The standard InChI is InChI=1S/C16H14ClF2N3O3/c17-13-5-14(22-15(21-13)8-1-2-8)20-6-9-3-11-12(24-7-23-11)4-10(9)25-16(18)19/h3-5,8,16H,1-2,6-7H2,(H,20,21,22). The fourth-order valence-corrected chi connectivity index (χ4v) is 2.73. The number of aromatic nitrogens is 2. The number of anilines is 1. The van der Waals surface area contributed by atoms with E-state index in [1.165, 1.54) is 6.07 Å². The summed E-state index contributed by atoms with van der Waals surface area (Å²) in [5.41, 5.74) is 0.493. The molecule has 1 saturated carbocycles. The molecule has 2 aromatic rings. The molecule has 1 aromatic heterocycles. The van der Waals surface area contributed by atoms with Gasteiger partial charge in [-0.05, 0) is 18.9 Å². The number of nitrogens with one attached hydrogen (secondary N) is 1. The zero-order valence-electron chi connectivity index (χ0n) is 13.0. The van der Waals surface area contributed by atoms with Crippen molar-refractivity contribution in [3.8, 4) is 17.2 Å². The van der Waals surface area contributed by atoms with Crippen LogP contribution in [0.15, 0.2) is 18.2 Å². The van der Waals surface area contributed by atoms with E-state index in [9.17, 15) is 8.78 Å². The maximum atomic E-state index is 12.7. The van der Waals surface area contributed by atoms with Crippen LogP contribution in [-0.4, -0.2) is 23.4 Å². The minimum atomic E-state index is -2.94. The Bertz CT molecular complexity index is 802. The van der Waals surface area contributed by atoms with E-state index in [4.69, 9.17) is 21.1 Å². The summed E-state index contributed by atoms with van der Waals surface area (Å²) in [7, 11) is 0. The average molecular weight is 370 g/mol. The number of fused-ring (bicyclic) bond motifs is 1. The predicted octanol–water partition coefficient (Wildman–Crippen LogP) is 3.95. The molecule has 132 valence electrons. The van der Waals surface area contributed by atoms with Crippen molar-refractivity contribution in [2.24, 2.45) is 0 Å². The lowest BCUT2D eigenvalue weighted by atomic mass is 10.1. The van der Waals surface area contributed by atoms with E-state index in [0.717, 1.165) is 12.8 Å². The molecule has 0 unspecified atom stereocenters. The van der Waals surface area contributed by atoms with Crippen LogP contribution in [-0.2, 0) is 6.54 Å². The van der Waals surface area contributed by atoms with Gasteiger partial charge in [0.15, 0.2) is 11.5 Å². The van der Waals surface area contributed by atoms with E-state index >= 15 is 0 Å². The molecule has 1 aliphatic heterocycles. The van der Waals surface area contributed by atoms with Gasteiger partial charge in [0, 0.05) is 30.2 Å². The molecule has 0 amide bonds. The van der Waals surface area contributed by atoms with Crippen LogP contribution in [0.3, 0.4) is 0 Å². The zero-order chi connectivity index (χ0) is 17.4. The van der Waals surface area contributed by atoms with Crippen molar-refractivity contribution in [3.05, 3.63) is 34.7 Å². The highest BCUT2D eigenvalue weighted by atomic mass is 35.5. The second kappa shape index (κ2) is 6.51. The first-order valence-corrected chi connectivity index (χ1v) is 8.12. The Morgan fingerprint density at radius 2 is 1.96 bits per heavy atom. The lowest BCUT2D eigenvalue weighted by Gasteiger charge is -2.13. The maximum absolute atomic E-state index is 12.7. The summed E-state index contributed by atoms with van der Waals surface area (Å²) in [4.78, 5) is 8.63. The molecule has 6 nitrogen and oxygen atoms in total. The Morgan fingerprint density at radius 1 is 1.20 bits per heavy atom. The molecule has 1 N–H and O–H groups in total. The summed E-state index contributed by atoms with van der Waals surface area (Å²) in [5, 5.41) is 3.41. The molecule has 0 bridgehead atoms. The molecule has 0 spiro atoms. The quantitative estimate of drug-likeness (QED) is 0.778. The summed E-state index contributed by atoms with van der Waals surface area (Å²) >= 11 is 6.03. The van der Waals surface area contributed by atoms with Crippen molar-refractivity contribution < 1.29 is 23.0 Å². The number of halogens is 3. The van der Waals surface area contributed by atoms with E-state index < -0.39 is 6.61 Å². The third-order valence-electron chi connectivity index (χ3n) is 3.89. The van der Waals surface area contributed by atoms with Crippen molar-refractivity contribution in [1.29, 1.82) is 0 Å². The summed E-state index contributed by atoms with van der Waals surface area (Å²) in [6, 6.07) is 4.60. The highest BCUT2D eigenvalue weighted by Crippen LogP contribution is 2.40. The van der Waals surface area contributed by atoms with Crippen LogP contribution in [0.25, 0.3) is 0 Å². The van der Waals surface area contributed by atoms with Gasteiger partial charge in [0.2, 0.25) is 6.79 Å². The number of alkyl halides is 2. The first-order chi connectivity index (χ1) is 12.1. The van der Waals surface area contributed by atoms with Gasteiger partial charge in [0.25, 0.3) is 0 Å². The number of nitrogens with zero attached hydrogens (tertiary/aromatic N) is 2. The van der Waals surface area contributed by atoms with Crippen LogP contribution in [0.4, 0.5) is 14.6 Å². The van der Waals surface area contributed by atoms with Crippen molar-refractivity contribution in [1.82, 2.24) is 9.97 Å². The molecule has 0 saturated heterocycles. The zero-order valence-corrected chi connectivity index (χ0v) is 13.7. The van der Waals surface area contributed by atoms with Gasteiger partial charge in [-0.1, -0.05) is 11.6 Å². The Balaban J connectivity index is 1.56.